The fourth-order valence-electron chi connectivity index (χ4n) is 4.21. The van der Waals surface area contributed by atoms with Gasteiger partial charge >= 0.3 is 0 Å². The van der Waals surface area contributed by atoms with Crippen molar-refractivity contribution < 1.29 is 9.59 Å². The van der Waals surface area contributed by atoms with Crippen LogP contribution in [0, 0.1) is 12.8 Å². The lowest BCUT2D eigenvalue weighted by Crippen LogP contribution is -2.41. The zero-order chi connectivity index (χ0) is 22.5. The first kappa shape index (κ1) is 22.7. The number of thiocarbonyl (C=S) groups is 1. The summed E-state index contributed by atoms with van der Waals surface area (Å²) in [6.07, 6.45) is 5.32. The monoisotopic (exact) mass is 464 g/mol. The van der Waals surface area contributed by atoms with E-state index >= 15 is 0 Å². The Labute approximate surface area is 199 Å². The normalized spacial score (nSPS) is 18.6. The van der Waals surface area contributed by atoms with Gasteiger partial charge in [0.25, 0.3) is 5.91 Å². The molecule has 4 rings (SSSR count). The van der Waals surface area contributed by atoms with Gasteiger partial charge in [-0.2, -0.15) is 0 Å². The van der Waals surface area contributed by atoms with Crippen LogP contribution in [0.25, 0.3) is 6.08 Å². The molecule has 0 bridgehead atoms. The number of likely N-dealkylation sites (tertiary alicyclic amines) is 1. The summed E-state index contributed by atoms with van der Waals surface area (Å²) >= 11 is 6.73. The fraction of sp³-hybridized carbons (Fsp3) is 0.346. The van der Waals surface area contributed by atoms with E-state index in [1.54, 1.807) is 4.90 Å². The van der Waals surface area contributed by atoms with Gasteiger partial charge in [-0.25, -0.2) is 0 Å². The second kappa shape index (κ2) is 10.5. The Morgan fingerprint density at radius 1 is 1.09 bits per heavy atom. The maximum absolute atomic E-state index is 12.8. The number of nitrogens with zero attached hydrogens (tertiary/aromatic N) is 2. The number of thioether (sulfide) groups is 1. The second-order valence-electron chi connectivity index (χ2n) is 8.51. The Morgan fingerprint density at radius 3 is 2.47 bits per heavy atom. The minimum atomic E-state index is -0.102. The zero-order valence-electron chi connectivity index (χ0n) is 18.3. The zero-order valence-corrected chi connectivity index (χ0v) is 20.0. The smallest absolute Gasteiger partial charge is 0.266 e. The Bertz CT molecular complexity index is 1010. The van der Waals surface area contributed by atoms with Crippen LogP contribution in [-0.4, -0.2) is 45.6 Å². The molecule has 2 aliphatic heterocycles. The third-order valence-corrected chi connectivity index (χ3v) is 7.51. The largest absolute Gasteiger partial charge is 0.343 e. The quantitative estimate of drug-likeness (QED) is 0.442. The van der Waals surface area contributed by atoms with Crippen LogP contribution in [-0.2, 0) is 16.0 Å². The van der Waals surface area contributed by atoms with E-state index in [9.17, 15) is 9.59 Å². The maximum atomic E-state index is 12.8. The van der Waals surface area contributed by atoms with Gasteiger partial charge in [0, 0.05) is 26.1 Å². The number of benzene rings is 2. The summed E-state index contributed by atoms with van der Waals surface area (Å²) < 4.78 is 0.530. The summed E-state index contributed by atoms with van der Waals surface area (Å²) in [5.41, 5.74) is 3.52. The number of hydrogen-bond donors (Lipinski definition) is 0. The summed E-state index contributed by atoms with van der Waals surface area (Å²) in [6, 6.07) is 18.6. The van der Waals surface area contributed by atoms with Crippen molar-refractivity contribution in [2.45, 2.75) is 32.6 Å². The van der Waals surface area contributed by atoms with Crippen LogP contribution in [0.2, 0.25) is 0 Å². The molecule has 0 unspecified atom stereocenters. The van der Waals surface area contributed by atoms with E-state index in [1.807, 2.05) is 48.2 Å². The van der Waals surface area contributed by atoms with Gasteiger partial charge in [0.2, 0.25) is 5.91 Å². The average Bonchev–Trinajstić information content (AvgIpc) is 3.07. The molecule has 2 aromatic rings. The number of hydrogen-bond acceptors (Lipinski definition) is 4. The van der Waals surface area contributed by atoms with Gasteiger partial charge in [0.15, 0.2) is 0 Å². The molecule has 0 atom stereocenters. The van der Waals surface area contributed by atoms with Crippen molar-refractivity contribution in [3.63, 3.8) is 0 Å². The molecule has 6 heteroatoms. The van der Waals surface area contributed by atoms with Crippen molar-refractivity contribution >= 4 is 46.2 Å². The van der Waals surface area contributed by atoms with Crippen molar-refractivity contribution in [3.05, 3.63) is 76.2 Å². The highest BCUT2D eigenvalue weighted by Crippen LogP contribution is 2.33. The Morgan fingerprint density at radius 2 is 1.78 bits per heavy atom. The van der Waals surface area contributed by atoms with Crippen molar-refractivity contribution in [3.8, 4) is 0 Å². The predicted molar refractivity (Wildman–Crippen MR) is 135 cm³/mol. The van der Waals surface area contributed by atoms with Crippen LogP contribution in [0.5, 0.6) is 0 Å². The van der Waals surface area contributed by atoms with Crippen molar-refractivity contribution in [2.75, 3.05) is 19.6 Å². The van der Waals surface area contributed by atoms with Crippen LogP contribution in [0.3, 0.4) is 0 Å². The van der Waals surface area contributed by atoms with E-state index in [2.05, 4.69) is 24.3 Å². The number of piperidine rings is 1. The summed E-state index contributed by atoms with van der Waals surface area (Å²) in [6.45, 7) is 3.97. The predicted octanol–water partition coefficient (Wildman–Crippen LogP) is 5.07. The molecule has 2 aliphatic rings. The van der Waals surface area contributed by atoms with Gasteiger partial charge in [-0.1, -0.05) is 84.1 Å². The molecule has 0 aromatic heterocycles. The molecule has 0 aliphatic carbocycles. The molecule has 166 valence electrons. The van der Waals surface area contributed by atoms with Crippen LogP contribution in [0.4, 0.5) is 0 Å². The van der Waals surface area contributed by atoms with Crippen molar-refractivity contribution in [1.29, 1.82) is 0 Å². The van der Waals surface area contributed by atoms with Gasteiger partial charge in [-0.3, -0.25) is 14.5 Å². The Balaban J connectivity index is 1.26. The van der Waals surface area contributed by atoms with Gasteiger partial charge in [0.1, 0.15) is 4.32 Å². The van der Waals surface area contributed by atoms with E-state index in [0.29, 0.717) is 28.1 Å². The van der Waals surface area contributed by atoms with Crippen LogP contribution >= 0.6 is 24.0 Å². The first-order valence-electron chi connectivity index (χ1n) is 11.1. The molecule has 2 aromatic carbocycles. The second-order valence-corrected chi connectivity index (χ2v) is 10.2. The molecule has 0 spiro atoms. The molecule has 0 saturated carbocycles. The molecular weight excluding hydrogens is 436 g/mol. The lowest BCUT2D eigenvalue weighted by molar-refractivity contribution is -0.133. The molecule has 2 amide bonds. The molecule has 2 fully saturated rings. The highest BCUT2D eigenvalue weighted by molar-refractivity contribution is 8.26. The topological polar surface area (TPSA) is 40.6 Å². The number of aryl methyl sites for hydroxylation is 1. The summed E-state index contributed by atoms with van der Waals surface area (Å²) in [5.74, 6) is 0.634. The highest BCUT2D eigenvalue weighted by Gasteiger charge is 2.33. The lowest BCUT2D eigenvalue weighted by Gasteiger charge is -2.32. The van der Waals surface area contributed by atoms with E-state index in [4.69, 9.17) is 12.2 Å². The number of amides is 2. The van der Waals surface area contributed by atoms with Crippen LogP contribution in [0.15, 0.2) is 59.5 Å². The van der Waals surface area contributed by atoms with Gasteiger partial charge in [-0.05, 0) is 49.3 Å². The molecule has 0 radical (unpaired) electrons. The molecule has 0 N–H and O–H groups in total. The lowest BCUT2D eigenvalue weighted by atomic mass is 9.90. The molecular formula is C26H28N2O2S2. The Hall–Kier alpha value is -2.44. The number of rotatable bonds is 6. The van der Waals surface area contributed by atoms with E-state index in [0.717, 1.165) is 37.9 Å². The third kappa shape index (κ3) is 5.67. The van der Waals surface area contributed by atoms with Gasteiger partial charge < -0.3 is 4.90 Å². The Kier molecular flexibility index (Phi) is 7.43. The van der Waals surface area contributed by atoms with Gasteiger partial charge in [-0.15, -0.1) is 0 Å². The van der Waals surface area contributed by atoms with Crippen molar-refractivity contribution in [1.82, 2.24) is 9.80 Å². The number of carbonyl (C=O) groups excluding carboxylic acids is 2. The average molecular weight is 465 g/mol. The van der Waals surface area contributed by atoms with E-state index in [-0.39, 0.29) is 11.8 Å². The molecule has 2 heterocycles. The number of carbonyl (C=O) groups is 2. The first-order chi connectivity index (χ1) is 15.5. The van der Waals surface area contributed by atoms with Crippen LogP contribution < -0.4 is 0 Å². The summed E-state index contributed by atoms with van der Waals surface area (Å²) in [4.78, 5) is 29.7. The van der Waals surface area contributed by atoms with Crippen molar-refractivity contribution in [2.24, 2.45) is 5.92 Å². The molecule has 2 saturated heterocycles. The summed E-state index contributed by atoms with van der Waals surface area (Å²) in [7, 11) is 0. The minimum Gasteiger partial charge on any atom is -0.343 e. The SMILES string of the molecule is Cc1ccc(/C=C2/SC(=S)N(CCC(=O)N3CCC(Cc4ccccc4)CC3)C2=O)cc1. The van der Waals surface area contributed by atoms with E-state index in [1.165, 1.54) is 22.9 Å². The fourth-order valence-corrected chi connectivity index (χ4v) is 5.51. The standard InChI is InChI=1S/C26H28N2O2S2/c1-19-7-9-21(10-8-19)18-23-25(30)28(26(31)32-23)16-13-24(29)27-14-11-22(12-15-27)17-20-5-3-2-4-6-20/h2-10,18,22H,11-17H2,1H3/b23-18+. The van der Waals surface area contributed by atoms with Gasteiger partial charge in [0.05, 0.1) is 4.91 Å². The minimum absolute atomic E-state index is 0.102. The summed E-state index contributed by atoms with van der Waals surface area (Å²) in [5, 5.41) is 0. The highest BCUT2D eigenvalue weighted by atomic mass is 32.2. The maximum Gasteiger partial charge on any atom is 0.266 e. The third-order valence-electron chi connectivity index (χ3n) is 6.13. The van der Waals surface area contributed by atoms with E-state index < -0.39 is 0 Å². The molecule has 32 heavy (non-hydrogen) atoms. The first-order valence-corrected chi connectivity index (χ1v) is 12.4. The molecule has 4 nitrogen and oxygen atoms in total. The van der Waals surface area contributed by atoms with Crippen LogP contribution in [0.1, 0.15) is 36.0 Å².